The highest BCUT2D eigenvalue weighted by Gasteiger charge is 2.05. The van der Waals surface area contributed by atoms with Gasteiger partial charge < -0.3 is 5.21 Å². The van der Waals surface area contributed by atoms with Crippen molar-refractivity contribution < 1.29 is 9.65 Å². The summed E-state index contributed by atoms with van der Waals surface area (Å²) in [7, 11) is 0. The number of nitro groups is 1. The van der Waals surface area contributed by atoms with Crippen LogP contribution in [0.4, 0.5) is 5.69 Å². The molecule has 0 unspecified atom stereocenters. The van der Waals surface area contributed by atoms with E-state index < -0.39 is 4.92 Å². The second-order valence-corrected chi connectivity index (χ2v) is 3.25. The third-order valence-electron chi connectivity index (χ3n) is 2.21. The molecule has 0 N–H and O–H groups in total. The van der Waals surface area contributed by atoms with Gasteiger partial charge in [-0.2, -0.15) is 4.73 Å². The third-order valence-corrected chi connectivity index (χ3v) is 2.21. The number of non-ortho nitro benzene ring substituents is 1. The van der Waals surface area contributed by atoms with Crippen LogP contribution >= 0.6 is 0 Å². The largest absolute Gasteiger partial charge is 0.619 e. The van der Waals surface area contributed by atoms with E-state index in [2.05, 4.69) is 0 Å². The number of nitrogens with zero attached hydrogens (tertiary/aromatic N) is 2. The van der Waals surface area contributed by atoms with Gasteiger partial charge in [0, 0.05) is 24.3 Å². The Labute approximate surface area is 91.3 Å². The van der Waals surface area contributed by atoms with E-state index in [0.717, 1.165) is 11.1 Å². The van der Waals surface area contributed by atoms with E-state index in [1.807, 2.05) is 0 Å². The molecule has 0 bridgehead atoms. The fourth-order valence-electron chi connectivity index (χ4n) is 1.38. The monoisotopic (exact) mass is 216 g/mol. The Morgan fingerprint density at radius 2 is 1.44 bits per heavy atom. The number of nitro benzene ring substituents is 1. The summed E-state index contributed by atoms with van der Waals surface area (Å²) in [6, 6.07) is 9.51. The van der Waals surface area contributed by atoms with Crippen LogP contribution in [0, 0.1) is 15.3 Å². The van der Waals surface area contributed by atoms with Crippen molar-refractivity contribution in [2.45, 2.75) is 0 Å². The number of hydrogen-bond acceptors (Lipinski definition) is 3. The first-order valence-electron chi connectivity index (χ1n) is 4.60. The summed E-state index contributed by atoms with van der Waals surface area (Å²) in [6.07, 6.45) is 2.77. The third kappa shape index (κ3) is 1.98. The van der Waals surface area contributed by atoms with Gasteiger partial charge in [0.05, 0.1) is 4.92 Å². The maximum Gasteiger partial charge on any atom is 0.269 e. The molecular weight excluding hydrogens is 208 g/mol. The summed E-state index contributed by atoms with van der Waals surface area (Å²) in [5, 5.41) is 21.3. The highest BCUT2D eigenvalue weighted by atomic mass is 16.6. The van der Waals surface area contributed by atoms with Crippen LogP contribution in [0.2, 0.25) is 0 Å². The average molecular weight is 216 g/mol. The lowest BCUT2D eigenvalue weighted by molar-refractivity contribution is -0.605. The molecule has 0 atom stereocenters. The lowest BCUT2D eigenvalue weighted by atomic mass is 10.1. The molecule has 0 saturated carbocycles. The van der Waals surface area contributed by atoms with E-state index in [1.54, 1.807) is 24.3 Å². The predicted octanol–water partition coefficient (Wildman–Crippen LogP) is 1.90. The van der Waals surface area contributed by atoms with E-state index in [0.29, 0.717) is 4.73 Å². The summed E-state index contributed by atoms with van der Waals surface area (Å²) >= 11 is 0. The molecule has 0 spiro atoms. The zero-order chi connectivity index (χ0) is 11.5. The molecule has 0 radical (unpaired) electrons. The number of hydrogen-bond donors (Lipinski definition) is 0. The highest BCUT2D eigenvalue weighted by Crippen LogP contribution is 2.20. The zero-order valence-corrected chi connectivity index (χ0v) is 8.24. The lowest BCUT2D eigenvalue weighted by Crippen LogP contribution is -2.23. The molecular formula is C11H8N2O3. The van der Waals surface area contributed by atoms with Gasteiger partial charge in [0.1, 0.15) is 0 Å². The van der Waals surface area contributed by atoms with Gasteiger partial charge >= 0.3 is 0 Å². The fraction of sp³-hybridized carbons (Fsp3) is 0. The molecule has 5 heteroatoms. The maximum atomic E-state index is 10.8. The second-order valence-electron chi connectivity index (χ2n) is 3.25. The number of aromatic nitrogens is 1. The average Bonchev–Trinajstić information content (AvgIpc) is 2.30. The molecule has 5 nitrogen and oxygen atoms in total. The molecule has 80 valence electrons. The quantitative estimate of drug-likeness (QED) is 0.333. The molecule has 0 aliphatic rings. The van der Waals surface area contributed by atoms with Crippen molar-refractivity contribution in [3.8, 4) is 11.1 Å². The number of rotatable bonds is 2. The van der Waals surface area contributed by atoms with Crippen LogP contribution in [0.25, 0.3) is 11.1 Å². The summed E-state index contributed by atoms with van der Waals surface area (Å²) in [5.41, 5.74) is 1.74. The Bertz CT molecular complexity index is 506. The summed E-state index contributed by atoms with van der Waals surface area (Å²) in [6.45, 7) is 0. The van der Waals surface area contributed by atoms with Crippen molar-refractivity contribution in [2.24, 2.45) is 0 Å². The van der Waals surface area contributed by atoms with Crippen molar-refractivity contribution in [3.05, 3.63) is 64.1 Å². The Kier molecular flexibility index (Phi) is 2.51. The highest BCUT2D eigenvalue weighted by molar-refractivity contribution is 5.63. The number of benzene rings is 1. The normalized spacial score (nSPS) is 10.0. The van der Waals surface area contributed by atoms with E-state index in [-0.39, 0.29) is 5.69 Å². The smallest absolute Gasteiger partial charge is 0.269 e. The lowest BCUT2D eigenvalue weighted by Gasteiger charge is -2.00. The second kappa shape index (κ2) is 3.98. The van der Waals surface area contributed by atoms with Crippen LogP contribution < -0.4 is 4.73 Å². The molecule has 2 aromatic rings. The molecule has 1 aromatic carbocycles. The number of pyridine rings is 1. The van der Waals surface area contributed by atoms with Gasteiger partial charge in [-0.05, 0) is 23.3 Å². The SMILES string of the molecule is O=[N+]([O-])c1ccc(-c2cc[n+]([O-])cc2)cc1. The first-order valence-corrected chi connectivity index (χ1v) is 4.60. The molecule has 0 amide bonds. The van der Waals surface area contributed by atoms with Crippen LogP contribution in [0.3, 0.4) is 0 Å². The zero-order valence-electron chi connectivity index (χ0n) is 8.24. The van der Waals surface area contributed by atoms with E-state index in [4.69, 9.17) is 0 Å². The van der Waals surface area contributed by atoms with Gasteiger partial charge in [-0.3, -0.25) is 10.1 Å². The summed E-state index contributed by atoms with van der Waals surface area (Å²) in [5.74, 6) is 0. The minimum absolute atomic E-state index is 0.0542. The van der Waals surface area contributed by atoms with Crippen molar-refractivity contribution >= 4 is 5.69 Å². The van der Waals surface area contributed by atoms with Crippen LogP contribution in [-0.4, -0.2) is 4.92 Å². The van der Waals surface area contributed by atoms with Gasteiger partial charge in [-0.1, -0.05) is 0 Å². The van der Waals surface area contributed by atoms with E-state index in [1.165, 1.54) is 24.5 Å². The molecule has 16 heavy (non-hydrogen) atoms. The molecule has 0 aliphatic carbocycles. The molecule has 1 aromatic heterocycles. The van der Waals surface area contributed by atoms with Gasteiger partial charge in [-0.15, -0.1) is 0 Å². The van der Waals surface area contributed by atoms with Crippen LogP contribution in [0.5, 0.6) is 0 Å². The first-order chi connectivity index (χ1) is 7.66. The van der Waals surface area contributed by atoms with Crippen molar-refractivity contribution in [2.75, 3.05) is 0 Å². The predicted molar refractivity (Wildman–Crippen MR) is 57.5 cm³/mol. The summed E-state index contributed by atoms with van der Waals surface area (Å²) in [4.78, 5) is 10.0. The Hall–Kier alpha value is -2.43. The molecule has 0 fully saturated rings. The molecule has 1 heterocycles. The fourth-order valence-corrected chi connectivity index (χ4v) is 1.38. The van der Waals surface area contributed by atoms with Crippen LogP contribution in [-0.2, 0) is 0 Å². The van der Waals surface area contributed by atoms with Gasteiger partial charge in [0.2, 0.25) is 0 Å². The Balaban J connectivity index is 2.34. The van der Waals surface area contributed by atoms with Crippen molar-refractivity contribution in [3.63, 3.8) is 0 Å². The standard InChI is InChI=1S/C11H8N2O3/c14-12-7-5-10(6-8-12)9-1-3-11(4-2-9)13(15)16/h1-8H. The summed E-state index contributed by atoms with van der Waals surface area (Å²) < 4.78 is 0.689. The Morgan fingerprint density at radius 3 is 1.94 bits per heavy atom. The van der Waals surface area contributed by atoms with Crippen LogP contribution in [0.1, 0.15) is 0 Å². The van der Waals surface area contributed by atoms with E-state index in [9.17, 15) is 15.3 Å². The van der Waals surface area contributed by atoms with Crippen LogP contribution in [0.15, 0.2) is 48.8 Å². The van der Waals surface area contributed by atoms with Gasteiger partial charge in [-0.25, -0.2) is 0 Å². The Morgan fingerprint density at radius 1 is 0.938 bits per heavy atom. The molecule has 0 aliphatic heterocycles. The minimum atomic E-state index is -0.444. The van der Waals surface area contributed by atoms with Gasteiger partial charge in [0.15, 0.2) is 12.4 Å². The minimum Gasteiger partial charge on any atom is -0.619 e. The van der Waals surface area contributed by atoms with Crippen molar-refractivity contribution in [1.82, 2.24) is 0 Å². The molecule has 2 rings (SSSR count). The molecule has 0 saturated heterocycles. The van der Waals surface area contributed by atoms with Crippen molar-refractivity contribution in [1.29, 1.82) is 0 Å². The van der Waals surface area contributed by atoms with Gasteiger partial charge in [0.25, 0.3) is 5.69 Å². The first kappa shape index (κ1) is 10.1. The topological polar surface area (TPSA) is 70.1 Å². The maximum absolute atomic E-state index is 10.8. The van der Waals surface area contributed by atoms with E-state index >= 15 is 0 Å².